The molecule has 3 atom stereocenters. The minimum atomic E-state index is -0.653. The third-order valence-electron chi connectivity index (χ3n) is 5.92. The van der Waals surface area contributed by atoms with E-state index < -0.39 is 11.4 Å². The zero-order valence-electron chi connectivity index (χ0n) is 14.4. The van der Waals surface area contributed by atoms with Crippen molar-refractivity contribution in [3.63, 3.8) is 0 Å². The zero-order valence-corrected chi connectivity index (χ0v) is 14.4. The van der Waals surface area contributed by atoms with Crippen LogP contribution in [0.25, 0.3) is 0 Å². The molecule has 1 saturated carbocycles. The quantitative estimate of drug-likeness (QED) is 0.901. The molecule has 2 heterocycles. The van der Waals surface area contributed by atoms with Crippen LogP contribution in [0.3, 0.4) is 0 Å². The molecule has 0 bridgehead atoms. The third-order valence-corrected chi connectivity index (χ3v) is 5.92. The van der Waals surface area contributed by atoms with Gasteiger partial charge in [-0.2, -0.15) is 4.98 Å². The Labute approximate surface area is 146 Å². The highest BCUT2D eigenvalue weighted by atomic mass is 16.5. The number of nitrogens with zero attached hydrogens (tertiary/aromatic N) is 3. The van der Waals surface area contributed by atoms with Crippen LogP contribution < -0.4 is 0 Å². The van der Waals surface area contributed by atoms with Crippen molar-refractivity contribution in [2.45, 2.75) is 38.6 Å². The average molecular weight is 341 g/mol. The predicted octanol–water partition coefficient (Wildman–Crippen LogP) is 2.91. The van der Waals surface area contributed by atoms with E-state index in [0.717, 1.165) is 31.4 Å². The highest BCUT2D eigenvalue weighted by Gasteiger charge is 2.55. The summed E-state index contributed by atoms with van der Waals surface area (Å²) in [6, 6.07) is 9.99. The second kappa shape index (κ2) is 6.26. The van der Waals surface area contributed by atoms with Crippen LogP contribution in [0.1, 0.15) is 49.5 Å². The Bertz CT molecular complexity index is 760. The lowest BCUT2D eigenvalue weighted by Gasteiger charge is -2.25. The Morgan fingerprint density at radius 1 is 1.44 bits per heavy atom. The summed E-state index contributed by atoms with van der Waals surface area (Å²) in [6.45, 7) is 3.39. The highest BCUT2D eigenvalue weighted by molar-refractivity contribution is 5.76. The summed E-state index contributed by atoms with van der Waals surface area (Å²) in [4.78, 5) is 18.6. The van der Waals surface area contributed by atoms with Crippen LogP contribution in [0.2, 0.25) is 0 Å². The Morgan fingerprint density at radius 3 is 2.96 bits per heavy atom. The molecule has 0 amide bonds. The molecule has 132 valence electrons. The number of hydrogen-bond donors (Lipinski definition) is 1. The van der Waals surface area contributed by atoms with Gasteiger partial charge in [0, 0.05) is 19.5 Å². The van der Waals surface area contributed by atoms with Gasteiger partial charge in [-0.1, -0.05) is 41.9 Å². The summed E-state index contributed by atoms with van der Waals surface area (Å²) >= 11 is 0. The lowest BCUT2D eigenvalue weighted by molar-refractivity contribution is -0.149. The number of likely N-dealkylation sites (tertiary alicyclic amines) is 1. The Kier molecular flexibility index (Phi) is 4.07. The van der Waals surface area contributed by atoms with Gasteiger partial charge >= 0.3 is 5.97 Å². The lowest BCUT2D eigenvalue weighted by atomic mass is 9.81. The summed E-state index contributed by atoms with van der Waals surface area (Å²) in [7, 11) is 0. The van der Waals surface area contributed by atoms with E-state index in [1.165, 1.54) is 0 Å². The zero-order chi connectivity index (χ0) is 17.4. The summed E-state index contributed by atoms with van der Waals surface area (Å²) < 4.78 is 5.48. The summed E-state index contributed by atoms with van der Waals surface area (Å²) in [5, 5.41) is 13.8. The maximum absolute atomic E-state index is 11.8. The summed E-state index contributed by atoms with van der Waals surface area (Å²) in [5.41, 5.74) is 0.560. The summed E-state index contributed by atoms with van der Waals surface area (Å²) in [6.07, 6.45) is 3.43. The Morgan fingerprint density at radius 2 is 2.24 bits per heavy atom. The number of carbonyl (C=O) groups is 1. The standard InChI is InChI=1S/C19H23N3O3/c1-13(22-11-15-8-5-9-19(15,12-22)18(23)24)17-20-16(21-25-17)10-14-6-3-2-4-7-14/h2-4,6-7,13,15H,5,8-12H2,1H3,(H,23,24)/t13?,15-,19+/m0/s1. The maximum Gasteiger partial charge on any atom is 0.311 e. The second-order valence-electron chi connectivity index (χ2n) is 7.37. The van der Waals surface area contributed by atoms with Gasteiger partial charge in [0.1, 0.15) is 0 Å². The van der Waals surface area contributed by atoms with Crippen LogP contribution in [0, 0.1) is 11.3 Å². The second-order valence-corrected chi connectivity index (χ2v) is 7.37. The van der Waals surface area contributed by atoms with Crippen molar-refractivity contribution in [2.24, 2.45) is 11.3 Å². The third kappa shape index (κ3) is 2.84. The lowest BCUT2D eigenvalue weighted by Crippen LogP contribution is -2.36. The molecular formula is C19H23N3O3. The molecule has 25 heavy (non-hydrogen) atoms. The van der Waals surface area contributed by atoms with Crippen LogP contribution in [0.4, 0.5) is 0 Å². The van der Waals surface area contributed by atoms with Crippen molar-refractivity contribution in [3.8, 4) is 0 Å². The van der Waals surface area contributed by atoms with Crippen LogP contribution in [0.15, 0.2) is 34.9 Å². The first-order chi connectivity index (χ1) is 12.1. The minimum Gasteiger partial charge on any atom is -0.481 e. The van der Waals surface area contributed by atoms with E-state index in [9.17, 15) is 9.90 Å². The van der Waals surface area contributed by atoms with E-state index in [4.69, 9.17) is 4.52 Å². The fourth-order valence-electron chi connectivity index (χ4n) is 4.42. The van der Waals surface area contributed by atoms with E-state index in [-0.39, 0.29) is 12.0 Å². The van der Waals surface area contributed by atoms with Gasteiger partial charge < -0.3 is 9.63 Å². The van der Waals surface area contributed by atoms with Gasteiger partial charge in [0.05, 0.1) is 11.5 Å². The molecule has 2 aromatic rings. The molecule has 1 N–H and O–H groups in total. The van der Waals surface area contributed by atoms with Crippen LogP contribution in [-0.2, 0) is 11.2 Å². The Balaban J connectivity index is 1.47. The van der Waals surface area contributed by atoms with Crippen molar-refractivity contribution in [3.05, 3.63) is 47.6 Å². The largest absolute Gasteiger partial charge is 0.481 e. The van der Waals surface area contributed by atoms with E-state index in [2.05, 4.69) is 15.0 Å². The van der Waals surface area contributed by atoms with E-state index >= 15 is 0 Å². The van der Waals surface area contributed by atoms with Crippen molar-refractivity contribution in [1.82, 2.24) is 15.0 Å². The molecular weight excluding hydrogens is 318 g/mol. The van der Waals surface area contributed by atoms with Gasteiger partial charge in [0.2, 0.25) is 5.89 Å². The highest BCUT2D eigenvalue weighted by Crippen LogP contribution is 2.50. The summed E-state index contributed by atoms with van der Waals surface area (Å²) in [5.74, 6) is 0.825. The number of carboxylic acid groups (broad SMARTS) is 1. The fraction of sp³-hybridized carbons (Fsp3) is 0.526. The molecule has 6 nitrogen and oxygen atoms in total. The normalized spacial score (nSPS) is 27.3. The van der Waals surface area contributed by atoms with Crippen molar-refractivity contribution < 1.29 is 14.4 Å². The maximum atomic E-state index is 11.8. The van der Waals surface area contributed by atoms with Crippen molar-refractivity contribution >= 4 is 5.97 Å². The number of carboxylic acids is 1. The molecule has 1 saturated heterocycles. The van der Waals surface area contributed by atoms with Gasteiger partial charge in [-0.3, -0.25) is 9.69 Å². The first-order valence-electron chi connectivity index (χ1n) is 8.92. The van der Waals surface area contributed by atoms with Crippen molar-refractivity contribution in [1.29, 1.82) is 0 Å². The van der Waals surface area contributed by atoms with E-state index in [1.807, 2.05) is 37.3 Å². The van der Waals surface area contributed by atoms with Gasteiger partial charge in [-0.15, -0.1) is 0 Å². The van der Waals surface area contributed by atoms with Crippen LogP contribution in [0.5, 0.6) is 0 Å². The van der Waals surface area contributed by atoms with E-state index in [0.29, 0.717) is 24.7 Å². The van der Waals surface area contributed by atoms with Crippen LogP contribution >= 0.6 is 0 Å². The molecule has 1 aromatic carbocycles. The number of rotatable bonds is 5. The van der Waals surface area contributed by atoms with Crippen LogP contribution in [-0.4, -0.2) is 39.2 Å². The Hall–Kier alpha value is -2.21. The number of aliphatic carboxylic acids is 1. The predicted molar refractivity (Wildman–Crippen MR) is 90.9 cm³/mol. The van der Waals surface area contributed by atoms with Gasteiger partial charge in [0.25, 0.3) is 0 Å². The number of hydrogen-bond acceptors (Lipinski definition) is 5. The molecule has 6 heteroatoms. The monoisotopic (exact) mass is 341 g/mol. The number of benzene rings is 1. The molecule has 2 fully saturated rings. The molecule has 2 aliphatic rings. The molecule has 4 rings (SSSR count). The van der Waals surface area contributed by atoms with Gasteiger partial charge in [-0.05, 0) is 31.2 Å². The smallest absolute Gasteiger partial charge is 0.311 e. The van der Waals surface area contributed by atoms with Gasteiger partial charge in [0.15, 0.2) is 5.82 Å². The number of aromatic nitrogens is 2. The molecule has 0 spiro atoms. The van der Waals surface area contributed by atoms with E-state index in [1.54, 1.807) is 0 Å². The minimum absolute atomic E-state index is 0.0566. The molecule has 1 aliphatic carbocycles. The van der Waals surface area contributed by atoms with Gasteiger partial charge in [-0.25, -0.2) is 0 Å². The first kappa shape index (κ1) is 16.3. The average Bonchev–Trinajstić information content (AvgIpc) is 3.29. The molecule has 1 aliphatic heterocycles. The fourth-order valence-corrected chi connectivity index (χ4v) is 4.42. The topological polar surface area (TPSA) is 79.5 Å². The first-order valence-corrected chi connectivity index (χ1v) is 8.92. The number of fused-ring (bicyclic) bond motifs is 1. The molecule has 1 aromatic heterocycles. The van der Waals surface area contributed by atoms with Crippen molar-refractivity contribution in [2.75, 3.05) is 13.1 Å². The molecule has 1 unspecified atom stereocenters. The molecule has 0 radical (unpaired) electrons. The SMILES string of the molecule is CC(c1nc(Cc2ccccc2)no1)N1C[C@@H]2CCC[C@@]2(C(=O)O)C1.